The molecule has 5 heteroatoms. The van der Waals surface area contributed by atoms with Gasteiger partial charge in [-0.15, -0.1) is 0 Å². The van der Waals surface area contributed by atoms with E-state index < -0.39 is 0 Å². The molecule has 0 radical (unpaired) electrons. The summed E-state index contributed by atoms with van der Waals surface area (Å²) in [7, 11) is 0. The Morgan fingerprint density at radius 2 is 2.04 bits per heavy atom. The minimum atomic E-state index is -0.275. The number of halogens is 2. The van der Waals surface area contributed by atoms with Crippen molar-refractivity contribution in [1.82, 2.24) is 0 Å². The second-order valence-corrected chi connectivity index (χ2v) is 6.10. The highest BCUT2D eigenvalue weighted by Gasteiger charge is 2.28. The highest BCUT2D eigenvalue weighted by molar-refractivity contribution is 6.30. The van der Waals surface area contributed by atoms with Gasteiger partial charge in [-0.1, -0.05) is 11.6 Å². The number of rotatable bonds is 3. The number of carbonyl (C=O) groups is 1. The average Bonchev–Trinajstić information content (AvgIpc) is 2.54. The van der Waals surface area contributed by atoms with Crippen LogP contribution < -0.4 is 9.64 Å². The summed E-state index contributed by atoms with van der Waals surface area (Å²) in [6, 6.07) is 11.5. The van der Waals surface area contributed by atoms with Gasteiger partial charge in [0.05, 0.1) is 0 Å². The van der Waals surface area contributed by atoms with Crippen LogP contribution in [-0.2, 0) is 11.2 Å². The molecule has 2 aromatic rings. The molecule has 0 N–H and O–H groups in total. The molecule has 120 valence electrons. The van der Waals surface area contributed by atoms with Crippen LogP contribution in [0.15, 0.2) is 42.5 Å². The van der Waals surface area contributed by atoms with Gasteiger partial charge in [0.15, 0.2) is 6.61 Å². The minimum Gasteiger partial charge on any atom is -0.484 e. The van der Waals surface area contributed by atoms with Crippen molar-refractivity contribution in [1.29, 1.82) is 0 Å². The Balaban J connectivity index is 1.75. The van der Waals surface area contributed by atoms with Crippen LogP contribution in [-0.4, -0.2) is 18.6 Å². The highest BCUT2D eigenvalue weighted by atomic mass is 35.5. The van der Waals surface area contributed by atoms with Crippen LogP contribution in [0.2, 0.25) is 5.02 Å². The maximum absolute atomic E-state index is 13.4. The maximum Gasteiger partial charge on any atom is 0.265 e. The van der Waals surface area contributed by atoms with Crippen molar-refractivity contribution < 1.29 is 13.9 Å². The lowest BCUT2D eigenvalue weighted by Crippen LogP contribution is -2.44. The lowest BCUT2D eigenvalue weighted by atomic mass is 9.96. The Kier molecular flexibility index (Phi) is 4.53. The number of anilines is 1. The van der Waals surface area contributed by atoms with E-state index in [1.807, 2.05) is 6.92 Å². The van der Waals surface area contributed by atoms with E-state index in [9.17, 15) is 9.18 Å². The summed E-state index contributed by atoms with van der Waals surface area (Å²) < 4.78 is 18.9. The van der Waals surface area contributed by atoms with Gasteiger partial charge in [-0.3, -0.25) is 4.79 Å². The predicted octanol–water partition coefficient (Wildman–Crippen LogP) is 4.23. The molecule has 0 saturated heterocycles. The molecule has 1 unspecified atom stereocenters. The van der Waals surface area contributed by atoms with Gasteiger partial charge in [0.25, 0.3) is 5.91 Å². The molecule has 23 heavy (non-hydrogen) atoms. The van der Waals surface area contributed by atoms with Gasteiger partial charge in [-0.05, 0) is 67.8 Å². The molecule has 0 aromatic heterocycles. The fraction of sp³-hybridized carbons (Fsp3) is 0.278. The molecule has 1 heterocycles. The van der Waals surface area contributed by atoms with E-state index in [1.165, 1.54) is 12.1 Å². The van der Waals surface area contributed by atoms with Crippen LogP contribution in [0.3, 0.4) is 0 Å². The van der Waals surface area contributed by atoms with E-state index in [0.717, 1.165) is 24.1 Å². The first-order chi connectivity index (χ1) is 11.0. The van der Waals surface area contributed by atoms with Crippen molar-refractivity contribution in [2.24, 2.45) is 0 Å². The second-order valence-electron chi connectivity index (χ2n) is 5.67. The topological polar surface area (TPSA) is 29.5 Å². The van der Waals surface area contributed by atoms with Crippen LogP contribution in [0, 0.1) is 5.82 Å². The van der Waals surface area contributed by atoms with Gasteiger partial charge in [0, 0.05) is 16.8 Å². The summed E-state index contributed by atoms with van der Waals surface area (Å²) in [4.78, 5) is 14.3. The third-order valence-corrected chi connectivity index (χ3v) is 4.27. The molecule has 3 rings (SSSR count). The Morgan fingerprint density at radius 3 is 2.78 bits per heavy atom. The van der Waals surface area contributed by atoms with Crippen LogP contribution >= 0.6 is 11.6 Å². The standard InChI is InChI=1S/C18H17ClFNO2/c1-12-2-3-13-10-15(20)6-9-17(13)21(12)18(22)11-23-16-7-4-14(19)5-8-16/h4-10,12H,2-3,11H2,1H3. The molecule has 2 aromatic carbocycles. The Morgan fingerprint density at radius 1 is 1.30 bits per heavy atom. The van der Waals surface area contributed by atoms with Crippen LogP contribution in [0.5, 0.6) is 5.75 Å². The van der Waals surface area contributed by atoms with E-state index in [-0.39, 0.29) is 24.4 Å². The molecule has 0 spiro atoms. The van der Waals surface area contributed by atoms with E-state index >= 15 is 0 Å². The molecular weight excluding hydrogens is 317 g/mol. The first-order valence-corrected chi connectivity index (χ1v) is 7.91. The van der Waals surface area contributed by atoms with Gasteiger partial charge in [-0.25, -0.2) is 4.39 Å². The van der Waals surface area contributed by atoms with Gasteiger partial charge in [-0.2, -0.15) is 0 Å². The largest absolute Gasteiger partial charge is 0.484 e. The molecule has 1 amide bonds. The van der Waals surface area contributed by atoms with E-state index in [4.69, 9.17) is 16.3 Å². The summed E-state index contributed by atoms with van der Waals surface area (Å²) in [5.41, 5.74) is 1.64. The first-order valence-electron chi connectivity index (χ1n) is 7.53. The van der Waals surface area contributed by atoms with Crippen molar-refractivity contribution in [2.75, 3.05) is 11.5 Å². The van der Waals surface area contributed by atoms with Gasteiger partial charge < -0.3 is 9.64 Å². The number of benzene rings is 2. The fourth-order valence-electron chi connectivity index (χ4n) is 2.85. The van der Waals surface area contributed by atoms with Crippen LogP contribution in [0.25, 0.3) is 0 Å². The Hall–Kier alpha value is -2.07. The number of hydrogen-bond acceptors (Lipinski definition) is 2. The predicted molar refractivity (Wildman–Crippen MR) is 88.6 cm³/mol. The summed E-state index contributed by atoms with van der Waals surface area (Å²) in [6.45, 7) is 1.93. The zero-order chi connectivity index (χ0) is 16.4. The fourth-order valence-corrected chi connectivity index (χ4v) is 2.97. The maximum atomic E-state index is 13.4. The second kappa shape index (κ2) is 6.59. The molecule has 0 fully saturated rings. The van der Waals surface area contributed by atoms with Gasteiger partial charge in [0.2, 0.25) is 0 Å². The number of nitrogens with zero attached hydrogens (tertiary/aromatic N) is 1. The lowest BCUT2D eigenvalue weighted by molar-refractivity contribution is -0.121. The molecule has 0 bridgehead atoms. The summed E-state index contributed by atoms with van der Waals surface area (Å²) in [5, 5.41) is 0.615. The minimum absolute atomic E-state index is 0.0641. The summed E-state index contributed by atoms with van der Waals surface area (Å²) in [5.74, 6) is 0.176. The van der Waals surface area contributed by atoms with Gasteiger partial charge >= 0.3 is 0 Å². The number of aryl methyl sites for hydroxylation is 1. The normalized spacial score (nSPS) is 16.8. The number of amides is 1. The number of ether oxygens (including phenoxy) is 1. The van der Waals surface area contributed by atoms with Crippen LogP contribution in [0.4, 0.5) is 10.1 Å². The highest BCUT2D eigenvalue weighted by Crippen LogP contribution is 2.31. The zero-order valence-electron chi connectivity index (χ0n) is 12.8. The molecule has 0 saturated carbocycles. The molecule has 3 nitrogen and oxygen atoms in total. The smallest absolute Gasteiger partial charge is 0.265 e. The average molecular weight is 334 g/mol. The van der Waals surface area contributed by atoms with Crippen molar-refractivity contribution in [3.05, 3.63) is 58.9 Å². The van der Waals surface area contributed by atoms with Gasteiger partial charge in [0.1, 0.15) is 11.6 Å². The Bertz CT molecular complexity index is 717. The van der Waals surface area contributed by atoms with Crippen LogP contribution in [0.1, 0.15) is 18.9 Å². The monoisotopic (exact) mass is 333 g/mol. The molecule has 1 atom stereocenters. The number of hydrogen-bond donors (Lipinski definition) is 0. The summed E-state index contributed by atoms with van der Waals surface area (Å²) >= 11 is 5.82. The quantitative estimate of drug-likeness (QED) is 0.841. The Labute approximate surface area is 139 Å². The molecular formula is C18H17ClFNO2. The van der Waals surface area contributed by atoms with E-state index in [0.29, 0.717) is 10.8 Å². The number of carbonyl (C=O) groups excluding carboxylic acids is 1. The van der Waals surface area contributed by atoms with Crippen molar-refractivity contribution in [3.63, 3.8) is 0 Å². The third-order valence-electron chi connectivity index (χ3n) is 4.02. The molecule has 1 aliphatic heterocycles. The van der Waals surface area contributed by atoms with Crippen molar-refractivity contribution >= 4 is 23.2 Å². The summed E-state index contributed by atoms with van der Waals surface area (Å²) in [6.07, 6.45) is 1.58. The molecule has 0 aliphatic carbocycles. The molecule has 1 aliphatic rings. The number of fused-ring (bicyclic) bond motifs is 1. The first kappa shape index (κ1) is 15.8. The van der Waals surface area contributed by atoms with E-state index in [2.05, 4.69) is 0 Å². The van der Waals surface area contributed by atoms with Crippen molar-refractivity contribution in [3.8, 4) is 5.75 Å². The van der Waals surface area contributed by atoms with E-state index in [1.54, 1.807) is 35.2 Å². The van der Waals surface area contributed by atoms with Crippen molar-refractivity contribution in [2.45, 2.75) is 25.8 Å². The SMILES string of the molecule is CC1CCc2cc(F)ccc2N1C(=O)COc1ccc(Cl)cc1. The third kappa shape index (κ3) is 3.48. The zero-order valence-corrected chi connectivity index (χ0v) is 13.5. The lowest BCUT2D eigenvalue weighted by Gasteiger charge is -2.35.